The second-order valence-electron chi connectivity index (χ2n) is 7.63. The summed E-state index contributed by atoms with van der Waals surface area (Å²) >= 11 is 0. The van der Waals surface area contributed by atoms with E-state index >= 15 is 0 Å². The van der Waals surface area contributed by atoms with Gasteiger partial charge in [-0.3, -0.25) is 4.90 Å². The van der Waals surface area contributed by atoms with Gasteiger partial charge in [-0.25, -0.2) is 13.1 Å². The summed E-state index contributed by atoms with van der Waals surface area (Å²) in [6, 6.07) is 16.0. The van der Waals surface area contributed by atoms with Crippen molar-refractivity contribution in [1.29, 1.82) is 0 Å². The Hall–Kier alpha value is -2.92. The molecule has 0 amide bonds. The molecule has 7 nitrogen and oxygen atoms in total. The molecule has 2 heterocycles. The average Bonchev–Trinajstić information content (AvgIpc) is 3.22. The third-order valence-corrected chi connectivity index (χ3v) is 6.72. The number of nitrogens with zero attached hydrogens (tertiary/aromatic N) is 5. The molecule has 0 atom stereocenters. The Morgan fingerprint density at radius 1 is 0.906 bits per heavy atom. The molecular weight excluding hydrogens is 443 g/mol. The summed E-state index contributed by atoms with van der Waals surface area (Å²) < 4.78 is 62.7. The van der Waals surface area contributed by atoms with E-state index in [0.717, 1.165) is 30.2 Å². The van der Waals surface area contributed by atoms with Crippen molar-refractivity contribution in [3.05, 3.63) is 72.1 Å². The number of halogens is 3. The third kappa shape index (κ3) is 5.10. The molecule has 170 valence electrons. The number of anilines is 1. The van der Waals surface area contributed by atoms with Crippen molar-refractivity contribution in [1.82, 2.24) is 19.9 Å². The minimum absolute atomic E-state index is 0.125. The molecule has 1 aromatic heterocycles. The highest BCUT2D eigenvalue weighted by molar-refractivity contribution is 7.91. The molecule has 1 aliphatic rings. The van der Waals surface area contributed by atoms with Crippen molar-refractivity contribution in [2.75, 3.05) is 31.1 Å². The fourth-order valence-electron chi connectivity index (χ4n) is 3.62. The summed E-state index contributed by atoms with van der Waals surface area (Å²) in [5.74, 6) is -1.05. The lowest BCUT2D eigenvalue weighted by atomic mass is 10.2. The van der Waals surface area contributed by atoms with E-state index in [1.165, 1.54) is 12.1 Å². The van der Waals surface area contributed by atoms with Crippen LogP contribution in [0.3, 0.4) is 0 Å². The van der Waals surface area contributed by atoms with E-state index in [-0.39, 0.29) is 5.56 Å². The topological polar surface area (TPSA) is 71.3 Å². The monoisotopic (exact) mass is 465 g/mol. The Kier molecular flexibility index (Phi) is 6.20. The van der Waals surface area contributed by atoms with Crippen LogP contribution in [0.4, 0.5) is 18.9 Å². The van der Waals surface area contributed by atoms with Crippen molar-refractivity contribution in [3.63, 3.8) is 0 Å². The van der Waals surface area contributed by atoms with E-state index in [9.17, 15) is 21.6 Å². The quantitative estimate of drug-likeness (QED) is 0.558. The van der Waals surface area contributed by atoms with E-state index in [0.29, 0.717) is 19.6 Å². The Morgan fingerprint density at radius 2 is 1.59 bits per heavy atom. The minimum Gasteiger partial charge on any atom is -0.369 e. The Balaban J connectivity index is 1.35. The van der Waals surface area contributed by atoms with E-state index < -0.39 is 21.1 Å². The first-order valence-electron chi connectivity index (χ1n) is 10.0. The smallest absolute Gasteiger partial charge is 0.369 e. The van der Waals surface area contributed by atoms with Crippen molar-refractivity contribution in [3.8, 4) is 5.69 Å². The zero-order valence-electron chi connectivity index (χ0n) is 17.1. The van der Waals surface area contributed by atoms with E-state index in [4.69, 9.17) is 0 Å². The number of benzene rings is 2. The van der Waals surface area contributed by atoms with Crippen LogP contribution < -0.4 is 4.90 Å². The SMILES string of the molecule is O=S(=O)(Cc1cccc(N2CCN(Cc3cn(-c4ccccc4)nn3)CC2)c1)C(F)(F)F. The van der Waals surface area contributed by atoms with Crippen molar-refractivity contribution >= 4 is 15.5 Å². The highest BCUT2D eigenvalue weighted by Gasteiger charge is 2.45. The fourth-order valence-corrected chi connectivity index (χ4v) is 4.40. The molecule has 0 unspecified atom stereocenters. The zero-order valence-corrected chi connectivity index (χ0v) is 17.9. The number of alkyl halides is 3. The molecule has 1 fully saturated rings. The van der Waals surface area contributed by atoms with Gasteiger partial charge in [0, 0.05) is 38.4 Å². The van der Waals surface area contributed by atoms with Gasteiger partial charge in [0.25, 0.3) is 9.84 Å². The Labute approximate surface area is 184 Å². The van der Waals surface area contributed by atoms with Gasteiger partial charge in [-0.15, -0.1) is 5.10 Å². The number of aromatic nitrogens is 3. The van der Waals surface area contributed by atoms with Crippen LogP contribution in [-0.2, 0) is 22.1 Å². The lowest BCUT2D eigenvalue weighted by Gasteiger charge is -2.35. The summed E-state index contributed by atoms with van der Waals surface area (Å²) in [6.45, 7) is 3.46. The second kappa shape index (κ2) is 8.91. The van der Waals surface area contributed by atoms with Crippen LogP contribution in [-0.4, -0.2) is 60.0 Å². The molecular formula is C21H22F3N5O2S. The van der Waals surface area contributed by atoms with Gasteiger partial charge in [-0.2, -0.15) is 13.2 Å². The largest absolute Gasteiger partial charge is 0.497 e. The van der Waals surface area contributed by atoms with Gasteiger partial charge in [-0.05, 0) is 29.8 Å². The van der Waals surface area contributed by atoms with Gasteiger partial charge in [0.15, 0.2) is 0 Å². The van der Waals surface area contributed by atoms with Gasteiger partial charge in [0.1, 0.15) is 0 Å². The molecule has 11 heteroatoms. The van der Waals surface area contributed by atoms with Crippen molar-refractivity contribution < 1.29 is 21.6 Å². The molecule has 32 heavy (non-hydrogen) atoms. The Bertz CT molecular complexity index is 1160. The highest BCUT2D eigenvalue weighted by atomic mass is 32.2. The highest BCUT2D eigenvalue weighted by Crippen LogP contribution is 2.28. The van der Waals surface area contributed by atoms with Crippen LogP contribution in [0.5, 0.6) is 0 Å². The number of hydrogen-bond acceptors (Lipinski definition) is 6. The Morgan fingerprint density at radius 3 is 2.28 bits per heavy atom. The number of hydrogen-bond donors (Lipinski definition) is 0. The van der Waals surface area contributed by atoms with E-state index in [1.54, 1.807) is 16.8 Å². The number of piperazine rings is 1. The fraction of sp³-hybridized carbons (Fsp3) is 0.333. The minimum atomic E-state index is -5.25. The average molecular weight is 466 g/mol. The molecule has 1 saturated heterocycles. The second-order valence-corrected chi connectivity index (χ2v) is 9.61. The molecule has 3 aromatic rings. The van der Waals surface area contributed by atoms with Crippen LogP contribution in [0.25, 0.3) is 5.69 Å². The summed E-state index contributed by atoms with van der Waals surface area (Å²) in [7, 11) is -5.20. The molecule has 0 N–H and O–H groups in total. The molecule has 1 aliphatic heterocycles. The van der Waals surface area contributed by atoms with Crippen molar-refractivity contribution in [2.24, 2.45) is 0 Å². The maximum Gasteiger partial charge on any atom is 0.497 e. The van der Waals surface area contributed by atoms with Gasteiger partial charge in [0.05, 0.1) is 23.3 Å². The lowest BCUT2D eigenvalue weighted by Crippen LogP contribution is -2.46. The molecule has 0 aliphatic carbocycles. The summed E-state index contributed by atoms with van der Waals surface area (Å²) in [6.07, 6.45) is 1.90. The first kappa shape index (κ1) is 22.3. The summed E-state index contributed by atoms with van der Waals surface area (Å²) in [5.41, 5.74) is -2.63. The first-order valence-corrected chi connectivity index (χ1v) is 11.7. The van der Waals surface area contributed by atoms with Gasteiger partial charge >= 0.3 is 5.51 Å². The predicted molar refractivity (Wildman–Crippen MR) is 114 cm³/mol. The number of para-hydroxylation sites is 1. The van der Waals surface area contributed by atoms with Crippen LogP contribution in [0.1, 0.15) is 11.3 Å². The van der Waals surface area contributed by atoms with Crippen molar-refractivity contribution in [2.45, 2.75) is 17.8 Å². The van der Waals surface area contributed by atoms with Gasteiger partial charge < -0.3 is 4.90 Å². The maximum atomic E-state index is 12.7. The van der Waals surface area contributed by atoms with Gasteiger partial charge in [0.2, 0.25) is 0 Å². The number of rotatable bonds is 6. The van der Waals surface area contributed by atoms with Crippen LogP contribution in [0.2, 0.25) is 0 Å². The molecule has 0 bridgehead atoms. The van der Waals surface area contributed by atoms with Crippen LogP contribution in [0, 0.1) is 0 Å². The van der Waals surface area contributed by atoms with Crippen LogP contribution in [0.15, 0.2) is 60.8 Å². The number of sulfone groups is 1. The maximum absolute atomic E-state index is 12.7. The van der Waals surface area contributed by atoms with Gasteiger partial charge in [-0.1, -0.05) is 35.5 Å². The first-order chi connectivity index (χ1) is 15.2. The lowest BCUT2D eigenvalue weighted by molar-refractivity contribution is -0.0437. The molecule has 2 aromatic carbocycles. The molecule has 4 rings (SSSR count). The standard InChI is InChI=1S/C21H22F3N5O2S/c22-21(23,24)32(30,31)16-17-5-4-8-20(13-17)28-11-9-27(10-12-28)14-18-15-29(26-25-18)19-6-2-1-3-7-19/h1-8,13,15H,9-12,14,16H2. The zero-order chi connectivity index (χ0) is 22.8. The third-order valence-electron chi connectivity index (χ3n) is 5.30. The molecule has 0 spiro atoms. The summed E-state index contributed by atoms with van der Waals surface area (Å²) in [4.78, 5) is 4.27. The van der Waals surface area contributed by atoms with Crippen LogP contribution >= 0.6 is 0 Å². The predicted octanol–water partition coefficient (Wildman–Crippen LogP) is 3.02. The molecule has 0 saturated carbocycles. The van der Waals surface area contributed by atoms with E-state index in [2.05, 4.69) is 15.2 Å². The molecule has 0 radical (unpaired) electrons. The van der Waals surface area contributed by atoms with E-state index in [1.807, 2.05) is 41.4 Å². The summed E-state index contributed by atoms with van der Waals surface area (Å²) in [5, 5.41) is 8.41. The normalized spacial score (nSPS) is 15.8.